The molecule has 0 atom stereocenters. The standard InChI is InChI=1S/C25H18N2O/c26-16-19-13-22(20-7-3-1-4-8-20)25(21-9-5-2-6-10-21)23(14-19)24-15-18(17-28)11-12-27-24/h1-15,28H,17H2. The molecule has 0 unspecified atom stereocenters. The summed E-state index contributed by atoms with van der Waals surface area (Å²) in [7, 11) is 0. The first-order valence-electron chi connectivity index (χ1n) is 9.05. The van der Waals surface area contributed by atoms with Crippen LogP contribution in [0, 0.1) is 11.3 Å². The van der Waals surface area contributed by atoms with Crippen molar-refractivity contribution in [1.29, 1.82) is 5.26 Å². The van der Waals surface area contributed by atoms with Crippen LogP contribution in [-0.2, 0) is 6.61 Å². The fourth-order valence-corrected chi connectivity index (χ4v) is 3.39. The molecule has 28 heavy (non-hydrogen) atoms. The molecule has 0 aliphatic heterocycles. The lowest BCUT2D eigenvalue weighted by Crippen LogP contribution is -1.95. The Hall–Kier alpha value is -3.74. The number of nitriles is 1. The number of aliphatic hydroxyl groups is 1. The highest BCUT2D eigenvalue weighted by atomic mass is 16.3. The van der Waals surface area contributed by atoms with E-state index in [2.05, 4.69) is 23.2 Å². The zero-order valence-corrected chi connectivity index (χ0v) is 15.2. The molecular formula is C25H18N2O. The van der Waals surface area contributed by atoms with Crippen LogP contribution in [0.3, 0.4) is 0 Å². The lowest BCUT2D eigenvalue weighted by atomic mass is 9.87. The van der Waals surface area contributed by atoms with Gasteiger partial charge in [0.2, 0.25) is 0 Å². The number of hydrogen-bond donors (Lipinski definition) is 1. The van der Waals surface area contributed by atoms with E-state index in [1.54, 1.807) is 12.3 Å². The predicted molar refractivity (Wildman–Crippen MR) is 111 cm³/mol. The van der Waals surface area contributed by atoms with E-state index in [0.717, 1.165) is 39.1 Å². The highest BCUT2D eigenvalue weighted by Crippen LogP contribution is 2.40. The third kappa shape index (κ3) is 3.42. The number of nitrogens with zero attached hydrogens (tertiary/aromatic N) is 2. The molecule has 0 saturated carbocycles. The minimum atomic E-state index is -0.0559. The van der Waals surface area contributed by atoms with Gasteiger partial charge in [0.25, 0.3) is 0 Å². The Bertz CT molecular complexity index is 1150. The van der Waals surface area contributed by atoms with Crippen molar-refractivity contribution in [2.75, 3.05) is 0 Å². The van der Waals surface area contributed by atoms with Gasteiger partial charge < -0.3 is 5.11 Å². The van der Waals surface area contributed by atoms with Gasteiger partial charge in [-0.2, -0.15) is 5.26 Å². The van der Waals surface area contributed by atoms with E-state index in [4.69, 9.17) is 0 Å². The van der Waals surface area contributed by atoms with Crippen LogP contribution >= 0.6 is 0 Å². The summed E-state index contributed by atoms with van der Waals surface area (Å²) in [5.41, 5.74) is 7.07. The Balaban J connectivity index is 2.08. The first kappa shape index (κ1) is 17.7. The summed E-state index contributed by atoms with van der Waals surface area (Å²) in [5.74, 6) is 0. The Morgan fingerprint density at radius 1 is 0.786 bits per heavy atom. The monoisotopic (exact) mass is 362 g/mol. The van der Waals surface area contributed by atoms with E-state index in [-0.39, 0.29) is 6.61 Å². The number of rotatable bonds is 4. The van der Waals surface area contributed by atoms with Crippen molar-refractivity contribution in [1.82, 2.24) is 4.98 Å². The number of aliphatic hydroxyl groups excluding tert-OH is 1. The maximum absolute atomic E-state index is 9.63. The van der Waals surface area contributed by atoms with Crippen molar-refractivity contribution in [3.05, 3.63) is 102 Å². The van der Waals surface area contributed by atoms with E-state index in [0.29, 0.717) is 5.56 Å². The van der Waals surface area contributed by atoms with Crippen molar-refractivity contribution < 1.29 is 5.11 Å². The number of benzene rings is 3. The van der Waals surface area contributed by atoms with Crippen molar-refractivity contribution in [3.63, 3.8) is 0 Å². The second-order valence-electron chi connectivity index (χ2n) is 6.50. The Labute approximate surface area is 164 Å². The summed E-state index contributed by atoms with van der Waals surface area (Å²) in [5, 5.41) is 19.2. The summed E-state index contributed by atoms with van der Waals surface area (Å²) in [6.45, 7) is -0.0559. The summed E-state index contributed by atoms with van der Waals surface area (Å²) in [6, 6.07) is 29.9. The van der Waals surface area contributed by atoms with E-state index in [1.807, 2.05) is 66.7 Å². The first-order valence-corrected chi connectivity index (χ1v) is 9.05. The van der Waals surface area contributed by atoms with Crippen molar-refractivity contribution in [3.8, 4) is 39.6 Å². The number of pyridine rings is 1. The molecule has 0 aliphatic carbocycles. The molecule has 0 fully saturated rings. The zero-order chi connectivity index (χ0) is 19.3. The summed E-state index contributed by atoms with van der Waals surface area (Å²) in [6.07, 6.45) is 1.69. The van der Waals surface area contributed by atoms with Crippen LogP contribution in [0.4, 0.5) is 0 Å². The van der Waals surface area contributed by atoms with Crippen molar-refractivity contribution in [2.24, 2.45) is 0 Å². The van der Waals surface area contributed by atoms with Gasteiger partial charge in [-0.1, -0.05) is 60.7 Å². The van der Waals surface area contributed by atoms with Gasteiger partial charge in [-0.05, 0) is 52.1 Å². The second-order valence-corrected chi connectivity index (χ2v) is 6.50. The van der Waals surface area contributed by atoms with Gasteiger partial charge in [0, 0.05) is 11.8 Å². The van der Waals surface area contributed by atoms with Crippen LogP contribution in [-0.4, -0.2) is 10.1 Å². The molecule has 0 spiro atoms. The van der Waals surface area contributed by atoms with Gasteiger partial charge in [0.15, 0.2) is 0 Å². The summed E-state index contributed by atoms with van der Waals surface area (Å²) < 4.78 is 0. The third-order valence-corrected chi connectivity index (χ3v) is 4.70. The lowest BCUT2D eigenvalue weighted by Gasteiger charge is -2.17. The average molecular weight is 362 g/mol. The molecule has 134 valence electrons. The SMILES string of the molecule is N#Cc1cc(-c2ccccc2)c(-c2ccccc2)c(-c2cc(CO)ccn2)c1. The summed E-state index contributed by atoms with van der Waals surface area (Å²) >= 11 is 0. The van der Waals surface area contributed by atoms with Crippen LogP contribution in [0.15, 0.2) is 91.1 Å². The molecule has 3 nitrogen and oxygen atoms in total. The molecule has 4 aromatic rings. The predicted octanol–water partition coefficient (Wildman–Crippen LogP) is 5.45. The molecule has 1 N–H and O–H groups in total. The molecule has 3 heteroatoms. The third-order valence-electron chi connectivity index (χ3n) is 4.70. The van der Waals surface area contributed by atoms with Gasteiger partial charge in [0.1, 0.15) is 0 Å². The normalized spacial score (nSPS) is 10.4. The molecule has 0 saturated heterocycles. The second kappa shape index (κ2) is 7.87. The molecule has 4 rings (SSSR count). The van der Waals surface area contributed by atoms with E-state index < -0.39 is 0 Å². The largest absolute Gasteiger partial charge is 0.392 e. The highest BCUT2D eigenvalue weighted by Gasteiger charge is 2.17. The minimum Gasteiger partial charge on any atom is -0.392 e. The maximum atomic E-state index is 9.63. The van der Waals surface area contributed by atoms with Crippen LogP contribution in [0.1, 0.15) is 11.1 Å². The van der Waals surface area contributed by atoms with E-state index in [9.17, 15) is 10.4 Å². The Morgan fingerprint density at radius 3 is 2.07 bits per heavy atom. The molecule has 0 radical (unpaired) electrons. The fourth-order valence-electron chi connectivity index (χ4n) is 3.39. The summed E-state index contributed by atoms with van der Waals surface area (Å²) in [4.78, 5) is 4.53. The molecule has 1 heterocycles. The van der Waals surface area contributed by atoms with Gasteiger partial charge in [-0.3, -0.25) is 4.98 Å². The molecular weight excluding hydrogens is 344 g/mol. The van der Waals surface area contributed by atoms with Crippen LogP contribution in [0.5, 0.6) is 0 Å². The van der Waals surface area contributed by atoms with Crippen LogP contribution in [0.2, 0.25) is 0 Å². The highest BCUT2D eigenvalue weighted by molar-refractivity contribution is 5.94. The van der Waals surface area contributed by atoms with Crippen LogP contribution < -0.4 is 0 Å². The number of aromatic nitrogens is 1. The van der Waals surface area contributed by atoms with E-state index in [1.165, 1.54) is 0 Å². The Kier molecular flexibility index (Phi) is 4.97. The van der Waals surface area contributed by atoms with Gasteiger partial charge in [-0.15, -0.1) is 0 Å². The van der Waals surface area contributed by atoms with Gasteiger partial charge >= 0.3 is 0 Å². The van der Waals surface area contributed by atoms with Gasteiger partial charge in [0.05, 0.1) is 23.9 Å². The maximum Gasteiger partial charge on any atom is 0.0992 e. The van der Waals surface area contributed by atoms with Crippen molar-refractivity contribution in [2.45, 2.75) is 6.61 Å². The van der Waals surface area contributed by atoms with Crippen LogP contribution in [0.25, 0.3) is 33.5 Å². The fraction of sp³-hybridized carbons (Fsp3) is 0.0400. The smallest absolute Gasteiger partial charge is 0.0992 e. The van der Waals surface area contributed by atoms with Gasteiger partial charge in [-0.25, -0.2) is 0 Å². The molecule has 3 aromatic carbocycles. The molecule has 1 aromatic heterocycles. The zero-order valence-electron chi connectivity index (χ0n) is 15.2. The lowest BCUT2D eigenvalue weighted by molar-refractivity contribution is 0.282. The molecule has 0 aliphatic rings. The van der Waals surface area contributed by atoms with E-state index >= 15 is 0 Å². The quantitative estimate of drug-likeness (QED) is 0.525. The minimum absolute atomic E-state index is 0.0559. The molecule has 0 bridgehead atoms. The van der Waals surface area contributed by atoms with Crippen molar-refractivity contribution >= 4 is 0 Å². The average Bonchev–Trinajstić information content (AvgIpc) is 2.79. The topological polar surface area (TPSA) is 56.9 Å². The molecule has 0 amide bonds. The Morgan fingerprint density at radius 2 is 1.43 bits per heavy atom. The number of hydrogen-bond acceptors (Lipinski definition) is 3. The first-order chi connectivity index (χ1) is 13.8.